The zero-order valence-corrected chi connectivity index (χ0v) is 19.7. The average Bonchev–Trinajstić information content (AvgIpc) is 2.78. The summed E-state index contributed by atoms with van der Waals surface area (Å²) in [6, 6.07) is 6.38. The summed E-state index contributed by atoms with van der Waals surface area (Å²) >= 11 is 0. The molecule has 32 heavy (non-hydrogen) atoms. The first-order valence-corrected chi connectivity index (χ1v) is 11.4. The van der Waals surface area contributed by atoms with E-state index >= 15 is 0 Å². The van der Waals surface area contributed by atoms with Crippen LogP contribution < -0.4 is 10.4 Å². The molecule has 0 fully saturated rings. The van der Waals surface area contributed by atoms with E-state index in [9.17, 15) is 14.7 Å². The molecular formula is C26H36O6. The number of carbonyl (C=O) groups is 1. The van der Waals surface area contributed by atoms with Crippen LogP contribution in [-0.2, 0) is 9.53 Å². The number of rotatable bonds is 13. The fourth-order valence-electron chi connectivity index (χ4n) is 3.71. The van der Waals surface area contributed by atoms with Gasteiger partial charge in [-0.1, -0.05) is 59.0 Å². The smallest absolute Gasteiger partial charge is 0.336 e. The first-order chi connectivity index (χ1) is 15.3. The number of ether oxygens (including phenoxy) is 2. The van der Waals surface area contributed by atoms with Crippen molar-refractivity contribution in [2.75, 3.05) is 7.11 Å². The standard InChI is InChI=1S/C26H36O6/c1-6-7-8-9-10-11-12-18(4)26(29)32-25(23(28)17(2)3)22-20(30-5)15-13-19-14-16-21(27)31-24(19)22/h13-16,18,23,25,28H,2,6-12H2,1,3-5H3/t18-,23+,25+/m1/s1. The summed E-state index contributed by atoms with van der Waals surface area (Å²) in [5, 5.41) is 11.5. The predicted octanol–water partition coefficient (Wildman–Crippen LogP) is 5.71. The Hall–Kier alpha value is -2.60. The van der Waals surface area contributed by atoms with E-state index in [0.717, 1.165) is 12.8 Å². The van der Waals surface area contributed by atoms with Crippen molar-refractivity contribution >= 4 is 16.9 Å². The maximum Gasteiger partial charge on any atom is 0.336 e. The lowest BCUT2D eigenvalue weighted by Crippen LogP contribution is -2.28. The van der Waals surface area contributed by atoms with E-state index in [0.29, 0.717) is 28.7 Å². The Morgan fingerprint density at radius 3 is 2.44 bits per heavy atom. The Balaban J connectivity index is 2.28. The fraction of sp³-hybridized carbons (Fsp3) is 0.538. The van der Waals surface area contributed by atoms with Gasteiger partial charge in [0.25, 0.3) is 0 Å². The van der Waals surface area contributed by atoms with Crippen molar-refractivity contribution in [3.8, 4) is 5.75 Å². The van der Waals surface area contributed by atoms with E-state index in [1.54, 1.807) is 25.1 Å². The molecule has 1 N–H and O–H groups in total. The largest absolute Gasteiger partial charge is 0.496 e. The highest BCUT2D eigenvalue weighted by Crippen LogP contribution is 2.38. The minimum atomic E-state index is -1.19. The lowest BCUT2D eigenvalue weighted by atomic mass is 9.96. The van der Waals surface area contributed by atoms with Gasteiger partial charge in [-0.15, -0.1) is 0 Å². The summed E-state index contributed by atoms with van der Waals surface area (Å²) in [5.74, 6) is -0.385. The van der Waals surface area contributed by atoms with Gasteiger partial charge in [0.05, 0.1) is 18.6 Å². The number of unbranched alkanes of at least 4 members (excludes halogenated alkanes) is 5. The molecule has 0 aliphatic carbocycles. The second kappa shape index (κ2) is 12.4. The summed E-state index contributed by atoms with van der Waals surface area (Å²) in [5.41, 5.74) is 0.416. The quantitative estimate of drug-likeness (QED) is 0.184. The molecule has 0 aliphatic heterocycles. The van der Waals surface area contributed by atoms with Crippen LogP contribution in [0.4, 0.5) is 0 Å². The summed E-state index contributed by atoms with van der Waals surface area (Å²) in [4.78, 5) is 24.8. The summed E-state index contributed by atoms with van der Waals surface area (Å²) < 4.78 is 16.7. The zero-order chi connectivity index (χ0) is 23.7. The van der Waals surface area contributed by atoms with Crippen LogP contribution >= 0.6 is 0 Å². The lowest BCUT2D eigenvalue weighted by Gasteiger charge is -2.27. The highest BCUT2D eigenvalue weighted by Gasteiger charge is 2.33. The van der Waals surface area contributed by atoms with Crippen molar-refractivity contribution in [1.82, 2.24) is 0 Å². The maximum absolute atomic E-state index is 12.9. The van der Waals surface area contributed by atoms with E-state index in [2.05, 4.69) is 13.5 Å². The van der Waals surface area contributed by atoms with Gasteiger partial charge >= 0.3 is 11.6 Å². The molecule has 0 bridgehead atoms. The first kappa shape index (κ1) is 25.7. The first-order valence-electron chi connectivity index (χ1n) is 11.4. The van der Waals surface area contributed by atoms with E-state index in [1.165, 1.54) is 38.9 Å². The highest BCUT2D eigenvalue weighted by atomic mass is 16.6. The molecule has 2 rings (SSSR count). The van der Waals surface area contributed by atoms with Crippen molar-refractivity contribution in [2.24, 2.45) is 5.92 Å². The average molecular weight is 445 g/mol. The SMILES string of the molecule is C=C(C)[C@H](O)[C@@H](OC(=O)[C@H](C)CCCCCCCC)c1c(OC)ccc2ccc(=O)oc12. The van der Waals surface area contributed by atoms with E-state index in [1.807, 2.05) is 6.92 Å². The van der Waals surface area contributed by atoms with Gasteiger partial charge in [-0.2, -0.15) is 0 Å². The summed E-state index contributed by atoms with van der Waals surface area (Å²) in [6.45, 7) is 9.49. The second-order valence-electron chi connectivity index (χ2n) is 8.46. The topological polar surface area (TPSA) is 86.0 Å². The van der Waals surface area contributed by atoms with Crippen LogP contribution in [0, 0.1) is 5.92 Å². The Morgan fingerprint density at radius 2 is 1.78 bits per heavy atom. The third kappa shape index (κ3) is 6.70. The second-order valence-corrected chi connectivity index (χ2v) is 8.46. The number of methoxy groups -OCH3 is 1. The monoisotopic (exact) mass is 444 g/mol. The van der Waals surface area contributed by atoms with Crippen LogP contribution in [0.1, 0.15) is 77.4 Å². The molecule has 0 unspecified atom stereocenters. The van der Waals surface area contributed by atoms with Gasteiger partial charge in [0.2, 0.25) is 0 Å². The zero-order valence-electron chi connectivity index (χ0n) is 19.7. The molecule has 0 radical (unpaired) electrons. The van der Waals surface area contributed by atoms with Crippen molar-refractivity contribution in [1.29, 1.82) is 0 Å². The van der Waals surface area contributed by atoms with Crippen molar-refractivity contribution in [2.45, 2.75) is 77.9 Å². The van der Waals surface area contributed by atoms with Crippen molar-refractivity contribution in [3.05, 3.63) is 52.4 Å². The number of benzene rings is 1. The van der Waals surface area contributed by atoms with Crippen LogP contribution in [0.3, 0.4) is 0 Å². The van der Waals surface area contributed by atoms with Gasteiger partial charge in [-0.05, 0) is 37.1 Å². The highest BCUT2D eigenvalue weighted by molar-refractivity contribution is 5.83. The van der Waals surface area contributed by atoms with Crippen LogP contribution in [0.5, 0.6) is 5.75 Å². The normalized spacial score (nSPS) is 14.0. The number of carbonyl (C=O) groups excluding carboxylic acids is 1. The van der Waals surface area contributed by atoms with Gasteiger partial charge in [-0.25, -0.2) is 4.79 Å². The minimum Gasteiger partial charge on any atom is -0.496 e. The third-order valence-electron chi connectivity index (χ3n) is 5.72. The third-order valence-corrected chi connectivity index (χ3v) is 5.72. The molecule has 6 heteroatoms. The molecule has 0 saturated carbocycles. The number of hydrogen-bond donors (Lipinski definition) is 1. The maximum atomic E-state index is 12.9. The molecule has 2 aromatic rings. The number of aliphatic hydroxyl groups is 1. The van der Waals surface area contributed by atoms with Gasteiger partial charge in [0.15, 0.2) is 6.10 Å². The Bertz CT molecular complexity index is 960. The van der Waals surface area contributed by atoms with E-state index in [4.69, 9.17) is 13.9 Å². The molecule has 3 atom stereocenters. The van der Waals surface area contributed by atoms with Crippen LogP contribution in [0.2, 0.25) is 0 Å². The molecule has 0 saturated heterocycles. The summed E-state index contributed by atoms with van der Waals surface area (Å²) in [7, 11) is 1.47. The van der Waals surface area contributed by atoms with E-state index in [-0.39, 0.29) is 11.5 Å². The van der Waals surface area contributed by atoms with Crippen molar-refractivity contribution in [3.63, 3.8) is 0 Å². The minimum absolute atomic E-state index is 0.221. The number of aliphatic hydroxyl groups excluding tert-OH is 1. The lowest BCUT2D eigenvalue weighted by molar-refractivity contribution is -0.159. The molecule has 0 aliphatic rings. The van der Waals surface area contributed by atoms with Gasteiger partial charge < -0.3 is 19.0 Å². The Kier molecular flexibility index (Phi) is 9.97. The molecule has 1 heterocycles. The van der Waals surface area contributed by atoms with Gasteiger partial charge in [-0.3, -0.25) is 4.79 Å². The Labute approximate surface area is 190 Å². The van der Waals surface area contributed by atoms with E-state index < -0.39 is 23.8 Å². The molecule has 6 nitrogen and oxygen atoms in total. The predicted molar refractivity (Wildman–Crippen MR) is 126 cm³/mol. The van der Waals surface area contributed by atoms with Gasteiger partial charge in [0.1, 0.15) is 17.4 Å². The van der Waals surface area contributed by atoms with Crippen molar-refractivity contribution < 1.29 is 23.8 Å². The molecule has 0 amide bonds. The van der Waals surface area contributed by atoms with Crippen LogP contribution in [-0.4, -0.2) is 24.3 Å². The molecular weight excluding hydrogens is 408 g/mol. The van der Waals surface area contributed by atoms with Crippen LogP contribution in [0.15, 0.2) is 45.6 Å². The fourth-order valence-corrected chi connectivity index (χ4v) is 3.71. The Morgan fingerprint density at radius 1 is 1.12 bits per heavy atom. The van der Waals surface area contributed by atoms with Crippen LogP contribution in [0.25, 0.3) is 11.0 Å². The molecule has 1 aromatic heterocycles. The molecule has 0 spiro atoms. The molecule has 176 valence electrons. The number of hydrogen-bond acceptors (Lipinski definition) is 6. The number of fused-ring (bicyclic) bond motifs is 1. The molecule has 1 aromatic carbocycles. The summed E-state index contributed by atoms with van der Waals surface area (Å²) in [6.07, 6.45) is 5.25. The number of esters is 1. The van der Waals surface area contributed by atoms with Gasteiger partial charge in [0, 0.05) is 11.5 Å².